The molecule has 0 saturated heterocycles. The number of benzene rings is 2. The maximum atomic E-state index is 12.9. The Kier molecular flexibility index (Phi) is 6.13. The summed E-state index contributed by atoms with van der Waals surface area (Å²) in [6, 6.07) is 16.5. The maximum absolute atomic E-state index is 12.9. The number of aromatic nitrogens is 5. The Morgan fingerprint density at radius 3 is 2.91 bits per heavy atom. The molecule has 0 bridgehead atoms. The molecular formula is C24H23N7O3. The molecule has 0 saturated carbocycles. The number of aliphatic hydroxyl groups excluding tert-OH is 1. The number of amides is 1. The van der Waals surface area contributed by atoms with E-state index in [0.717, 1.165) is 17.0 Å². The molecule has 3 N–H and O–H groups in total. The molecule has 2 aromatic heterocycles. The molecule has 0 fully saturated rings. The first-order chi connectivity index (χ1) is 16.7. The Morgan fingerprint density at radius 1 is 1.15 bits per heavy atom. The van der Waals surface area contributed by atoms with Gasteiger partial charge in [-0.2, -0.15) is 0 Å². The second-order valence-corrected chi connectivity index (χ2v) is 7.72. The number of carbonyl (C=O) groups excluding carboxylic acids is 1. The van der Waals surface area contributed by atoms with Gasteiger partial charge < -0.3 is 25.0 Å². The van der Waals surface area contributed by atoms with Crippen LogP contribution in [0.1, 0.15) is 27.8 Å². The molecule has 34 heavy (non-hydrogen) atoms. The molecule has 1 atom stereocenters. The van der Waals surface area contributed by atoms with E-state index >= 15 is 0 Å². The third kappa shape index (κ3) is 4.44. The van der Waals surface area contributed by atoms with E-state index in [1.165, 1.54) is 6.33 Å². The highest BCUT2D eigenvalue weighted by Gasteiger charge is 2.25. The van der Waals surface area contributed by atoms with Crippen LogP contribution in [0.3, 0.4) is 0 Å². The second kappa shape index (κ2) is 9.67. The van der Waals surface area contributed by atoms with Crippen LogP contribution in [0.2, 0.25) is 0 Å². The van der Waals surface area contributed by atoms with Gasteiger partial charge in [0.2, 0.25) is 0 Å². The van der Waals surface area contributed by atoms with E-state index in [2.05, 4.69) is 30.8 Å². The van der Waals surface area contributed by atoms with E-state index in [9.17, 15) is 9.90 Å². The van der Waals surface area contributed by atoms with Crippen LogP contribution in [0.4, 0.5) is 5.69 Å². The average Bonchev–Trinajstić information content (AvgIpc) is 3.48. The Labute approximate surface area is 195 Å². The van der Waals surface area contributed by atoms with Gasteiger partial charge in [0.1, 0.15) is 24.4 Å². The number of fused-ring (bicyclic) bond motifs is 1. The average molecular weight is 457 g/mol. The van der Waals surface area contributed by atoms with E-state index in [1.807, 2.05) is 41.0 Å². The summed E-state index contributed by atoms with van der Waals surface area (Å²) in [5.41, 5.74) is 2.90. The van der Waals surface area contributed by atoms with Crippen molar-refractivity contribution in [1.82, 2.24) is 30.0 Å². The van der Waals surface area contributed by atoms with Gasteiger partial charge in [0.05, 0.1) is 19.2 Å². The zero-order valence-electron chi connectivity index (χ0n) is 18.3. The van der Waals surface area contributed by atoms with Crippen LogP contribution in [0.25, 0.3) is 11.5 Å². The summed E-state index contributed by atoms with van der Waals surface area (Å²) in [5.74, 6) is 1.82. The number of hydrogen-bond donors (Lipinski definition) is 3. The molecule has 2 aromatic carbocycles. The summed E-state index contributed by atoms with van der Waals surface area (Å²) in [6.45, 7) is 1.04. The third-order valence-corrected chi connectivity index (χ3v) is 5.54. The molecule has 10 heteroatoms. The first-order valence-electron chi connectivity index (χ1n) is 10.9. The number of hydrogen-bond acceptors (Lipinski definition) is 8. The largest absolute Gasteiger partial charge is 0.491 e. The van der Waals surface area contributed by atoms with E-state index in [1.54, 1.807) is 24.4 Å². The smallest absolute Gasteiger partial charge is 0.251 e. The van der Waals surface area contributed by atoms with Crippen LogP contribution in [-0.4, -0.2) is 49.0 Å². The van der Waals surface area contributed by atoms with Gasteiger partial charge >= 0.3 is 0 Å². The number of anilines is 1. The lowest BCUT2D eigenvalue weighted by atomic mass is 10.1. The van der Waals surface area contributed by atoms with E-state index in [0.29, 0.717) is 42.6 Å². The number of carbonyl (C=O) groups is 1. The van der Waals surface area contributed by atoms with Crippen molar-refractivity contribution in [2.45, 2.75) is 19.1 Å². The SMILES string of the molecule is O=C(N[C@H]1COc2ccccc21)c1cccc(NCc2nnc(-c3ccncn3)n2CCO)c1. The monoisotopic (exact) mass is 457 g/mol. The lowest BCUT2D eigenvalue weighted by Gasteiger charge is -2.13. The fourth-order valence-electron chi connectivity index (χ4n) is 3.89. The van der Waals surface area contributed by atoms with Crippen molar-refractivity contribution in [1.29, 1.82) is 0 Å². The van der Waals surface area contributed by atoms with Crippen molar-refractivity contribution < 1.29 is 14.6 Å². The van der Waals surface area contributed by atoms with Crippen LogP contribution in [0.15, 0.2) is 67.1 Å². The van der Waals surface area contributed by atoms with Crippen LogP contribution in [-0.2, 0) is 13.1 Å². The van der Waals surface area contributed by atoms with Crippen molar-refractivity contribution in [3.63, 3.8) is 0 Å². The normalized spacial score (nSPS) is 14.3. The van der Waals surface area contributed by atoms with Gasteiger partial charge in [-0.1, -0.05) is 24.3 Å². The van der Waals surface area contributed by atoms with Gasteiger partial charge in [0, 0.05) is 29.6 Å². The van der Waals surface area contributed by atoms with Crippen LogP contribution in [0, 0.1) is 0 Å². The molecule has 0 unspecified atom stereocenters. The number of para-hydroxylation sites is 1. The van der Waals surface area contributed by atoms with Gasteiger partial charge in [0.15, 0.2) is 11.6 Å². The van der Waals surface area contributed by atoms with Crippen molar-refractivity contribution in [3.8, 4) is 17.3 Å². The molecule has 4 aromatic rings. The molecule has 5 rings (SSSR count). The zero-order chi connectivity index (χ0) is 23.3. The minimum absolute atomic E-state index is 0.0627. The summed E-state index contributed by atoms with van der Waals surface area (Å²) in [4.78, 5) is 21.0. The molecule has 0 spiro atoms. The number of nitrogens with one attached hydrogen (secondary N) is 2. The van der Waals surface area contributed by atoms with Crippen molar-refractivity contribution in [2.75, 3.05) is 18.5 Å². The van der Waals surface area contributed by atoms with Gasteiger partial charge in [-0.25, -0.2) is 9.97 Å². The number of nitrogens with zero attached hydrogens (tertiary/aromatic N) is 5. The first kappa shape index (κ1) is 21.5. The maximum Gasteiger partial charge on any atom is 0.251 e. The van der Waals surface area contributed by atoms with Crippen LogP contribution < -0.4 is 15.4 Å². The quantitative estimate of drug-likeness (QED) is 0.368. The highest BCUT2D eigenvalue weighted by molar-refractivity contribution is 5.95. The van der Waals surface area contributed by atoms with Crippen LogP contribution in [0.5, 0.6) is 5.75 Å². The summed E-state index contributed by atoms with van der Waals surface area (Å²) in [5, 5.41) is 24.3. The molecule has 0 aliphatic carbocycles. The number of rotatable bonds is 8. The van der Waals surface area contributed by atoms with E-state index < -0.39 is 0 Å². The standard InChI is InChI=1S/C24H23N7O3/c32-11-10-31-22(29-30-23(31)19-8-9-25-15-27-19)13-26-17-5-3-4-16(12-17)24(33)28-20-14-34-21-7-2-1-6-18(20)21/h1-9,12,15,20,26,32H,10-11,13-14H2,(H,28,33)/t20-/m0/s1. The van der Waals surface area contributed by atoms with Gasteiger partial charge in [-0.3, -0.25) is 4.79 Å². The van der Waals surface area contributed by atoms with Gasteiger partial charge in [0.25, 0.3) is 5.91 Å². The van der Waals surface area contributed by atoms with Gasteiger partial charge in [-0.05, 0) is 30.3 Å². The minimum atomic E-state index is -0.183. The predicted octanol–water partition coefficient (Wildman–Crippen LogP) is 2.20. The lowest BCUT2D eigenvalue weighted by Crippen LogP contribution is -2.29. The molecule has 172 valence electrons. The summed E-state index contributed by atoms with van der Waals surface area (Å²) < 4.78 is 7.47. The lowest BCUT2D eigenvalue weighted by molar-refractivity contribution is 0.0930. The fourth-order valence-corrected chi connectivity index (χ4v) is 3.89. The summed E-state index contributed by atoms with van der Waals surface area (Å²) >= 11 is 0. The predicted molar refractivity (Wildman–Crippen MR) is 124 cm³/mol. The molecule has 10 nitrogen and oxygen atoms in total. The Bertz CT molecular complexity index is 1290. The van der Waals surface area contributed by atoms with Crippen molar-refractivity contribution in [3.05, 3.63) is 84.1 Å². The number of ether oxygens (including phenoxy) is 1. The second-order valence-electron chi connectivity index (χ2n) is 7.72. The Morgan fingerprint density at radius 2 is 2.06 bits per heavy atom. The highest BCUT2D eigenvalue weighted by Crippen LogP contribution is 2.31. The zero-order valence-corrected chi connectivity index (χ0v) is 18.3. The van der Waals surface area contributed by atoms with Crippen molar-refractivity contribution >= 4 is 11.6 Å². The van der Waals surface area contributed by atoms with Gasteiger partial charge in [-0.15, -0.1) is 10.2 Å². The minimum Gasteiger partial charge on any atom is -0.491 e. The third-order valence-electron chi connectivity index (χ3n) is 5.54. The molecule has 1 aliphatic heterocycles. The van der Waals surface area contributed by atoms with E-state index in [4.69, 9.17) is 4.74 Å². The van der Waals surface area contributed by atoms with E-state index in [-0.39, 0.29) is 18.6 Å². The molecule has 1 aliphatic rings. The Hall–Kier alpha value is -4.31. The van der Waals surface area contributed by atoms with Crippen LogP contribution >= 0.6 is 0 Å². The summed E-state index contributed by atoms with van der Waals surface area (Å²) in [6.07, 6.45) is 3.07. The van der Waals surface area contributed by atoms with Crippen molar-refractivity contribution in [2.24, 2.45) is 0 Å². The Balaban J connectivity index is 1.28. The first-order valence-corrected chi connectivity index (χ1v) is 10.9. The molecular weight excluding hydrogens is 434 g/mol. The fraction of sp³-hybridized carbons (Fsp3) is 0.208. The topological polar surface area (TPSA) is 127 Å². The highest BCUT2D eigenvalue weighted by atomic mass is 16.5. The molecule has 0 radical (unpaired) electrons. The molecule has 3 heterocycles. The number of aliphatic hydroxyl groups is 1. The summed E-state index contributed by atoms with van der Waals surface area (Å²) in [7, 11) is 0. The molecule has 1 amide bonds.